The highest BCUT2D eigenvalue weighted by molar-refractivity contribution is 5.43. The van der Waals surface area contributed by atoms with Gasteiger partial charge in [-0.25, -0.2) is 0 Å². The van der Waals surface area contributed by atoms with E-state index in [9.17, 15) is 5.11 Å². The number of aliphatic hydroxyl groups is 1. The van der Waals surface area contributed by atoms with Crippen LogP contribution in [0.2, 0.25) is 0 Å². The molecular formula is C18H18O3. The van der Waals surface area contributed by atoms with Crippen LogP contribution in [0.4, 0.5) is 0 Å². The fourth-order valence-corrected chi connectivity index (χ4v) is 3.32. The second kappa shape index (κ2) is 5.08. The zero-order chi connectivity index (χ0) is 14.2. The summed E-state index contributed by atoms with van der Waals surface area (Å²) in [5, 5.41) is 10.8. The average Bonchev–Trinajstić information content (AvgIpc) is 3.01. The van der Waals surface area contributed by atoms with Crippen molar-refractivity contribution in [3.8, 4) is 11.5 Å². The predicted octanol–water partition coefficient (Wildman–Crippen LogP) is 3.22. The lowest BCUT2D eigenvalue weighted by Gasteiger charge is -2.29. The van der Waals surface area contributed by atoms with E-state index in [0.29, 0.717) is 6.61 Å². The minimum Gasteiger partial charge on any atom is -0.493 e. The molecule has 2 aromatic rings. The molecule has 3 nitrogen and oxygen atoms in total. The van der Waals surface area contributed by atoms with Crippen molar-refractivity contribution in [2.45, 2.75) is 24.9 Å². The molecule has 2 atom stereocenters. The first kappa shape index (κ1) is 12.7. The molecule has 2 aliphatic rings. The average molecular weight is 282 g/mol. The van der Waals surface area contributed by atoms with Gasteiger partial charge in [0.05, 0.1) is 19.3 Å². The van der Waals surface area contributed by atoms with E-state index in [1.807, 2.05) is 30.3 Å². The van der Waals surface area contributed by atoms with Gasteiger partial charge >= 0.3 is 0 Å². The molecule has 2 unspecified atom stereocenters. The van der Waals surface area contributed by atoms with Crippen molar-refractivity contribution in [3.05, 3.63) is 59.2 Å². The summed E-state index contributed by atoms with van der Waals surface area (Å²) in [6.07, 6.45) is 1.27. The molecule has 4 rings (SSSR count). The van der Waals surface area contributed by atoms with Crippen LogP contribution in [-0.4, -0.2) is 18.3 Å². The van der Waals surface area contributed by atoms with Crippen molar-refractivity contribution in [2.24, 2.45) is 0 Å². The predicted molar refractivity (Wildman–Crippen MR) is 79.9 cm³/mol. The SMILES string of the molecule is OC(c1ccc2c(c1)CCO2)C1CCOc2ccccc21. The van der Waals surface area contributed by atoms with Gasteiger partial charge in [0.1, 0.15) is 11.5 Å². The summed E-state index contributed by atoms with van der Waals surface area (Å²) >= 11 is 0. The Bertz CT molecular complexity index is 665. The summed E-state index contributed by atoms with van der Waals surface area (Å²) in [5.74, 6) is 1.95. The fourth-order valence-electron chi connectivity index (χ4n) is 3.32. The highest BCUT2D eigenvalue weighted by Crippen LogP contribution is 2.42. The topological polar surface area (TPSA) is 38.7 Å². The smallest absolute Gasteiger partial charge is 0.122 e. The number of para-hydroxylation sites is 1. The van der Waals surface area contributed by atoms with Gasteiger partial charge in [-0.2, -0.15) is 0 Å². The Morgan fingerprint density at radius 2 is 1.86 bits per heavy atom. The van der Waals surface area contributed by atoms with Crippen molar-refractivity contribution in [1.82, 2.24) is 0 Å². The number of aliphatic hydroxyl groups excluding tert-OH is 1. The Kier molecular flexibility index (Phi) is 3.08. The first-order valence-corrected chi connectivity index (χ1v) is 7.48. The molecule has 0 radical (unpaired) electrons. The Hall–Kier alpha value is -2.00. The molecule has 0 bridgehead atoms. The minimum absolute atomic E-state index is 0.0929. The maximum atomic E-state index is 10.8. The Labute approximate surface area is 124 Å². The quantitative estimate of drug-likeness (QED) is 0.919. The molecule has 0 spiro atoms. The van der Waals surface area contributed by atoms with Crippen molar-refractivity contribution in [1.29, 1.82) is 0 Å². The van der Waals surface area contributed by atoms with Crippen LogP contribution in [-0.2, 0) is 6.42 Å². The molecule has 2 heterocycles. The van der Waals surface area contributed by atoms with Crippen LogP contribution in [0.15, 0.2) is 42.5 Å². The van der Waals surface area contributed by atoms with E-state index in [-0.39, 0.29) is 5.92 Å². The van der Waals surface area contributed by atoms with E-state index in [1.54, 1.807) is 0 Å². The Morgan fingerprint density at radius 3 is 2.81 bits per heavy atom. The number of rotatable bonds is 2. The number of ether oxygens (including phenoxy) is 2. The summed E-state index contributed by atoms with van der Waals surface area (Å²) in [4.78, 5) is 0. The molecule has 2 aliphatic heterocycles. The van der Waals surface area contributed by atoms with Crippen LogP contribution >= 0.6 is 0 Å². The highest BCUT2D eigenvalue weighted by atomic mass is 16.5. The van der Waals surface area contributed by atoms with Crippen molar-refractivity contribution in [2.75, 3.05) is 13.2 Å². The second-order valence-corrected chi connectivity index (χ2v) is 5.69. The lowest BCUT2D eigenvalue weighted by molar-refractivity contribution is 0.117. The van der Waals surface area contributed by atoms with Crippen molar-refractivity contribution >= 4 is 0 Å². The van der Waals surface area contributed by atoms with Gasteiger partial charge in [-0.15, -0.1) is 0 Å². The third-order valence-electron chi connectivity index (χ3n) is 4.44. The van der Waals surface area contributed by atoms with Gasteiger partial charge in [0.15, 0.2) is 0 Å². The van der Waals surface area contributed by atoms with Gasteiger partial charge in [0, 0.05) is 17.9 Å². The summed E-state index contributed by atoms with van der Waals surface area (Å²) < 4.78 is 11.2. The zero-order valence-electron chi connectivity index (χ0n) is 11.8. The van der Waals surface area contributed by atoms with E-state index < -0.39 is 6.10 Å². The van der Waals surface area contributed by atoms with Crippen LogP contribution < -0.4 is 9.47 Å². The van der Waals surface area contributed by atoms with Crippen LogP contribution in [0.1, 0.15) is 35.1 Å². The Morgan fingerprint density at radius 1 is 1.00 bits per heavy atom. The van der Waals surface area contributed by atoms with E-state index in [2.05, 4.69) is 12.1 Å². The van der Waals surface area contributed by atoms with Gasteiger partial charge in [-0.3, -0.25) is 0 Å². The van der Waals surface area contributed by atoms with Gasteiger partial charge in [-0.05, 0) is 35.7 Å². The lowest BCUT2D eigenvalue weighted by atomic mass is 9.84. The molecular weight excluding hydrogens is 264 g/mol. The molecule has 0 fully saturated rings. The Balaban J connectivity index is 1.68. The molecule has 0 saturated heterocycles. The summed E-state index contributed by atoms with van der Waals surface area (Å²) in [7, 11) is 0. The number of fused-ring (bicyclic) bond motifs is 2. The van der Waals surface area contributed by atoms with Crippen molar-refractivity contribution in [3.63, 3.8) is 0 Å². The fraction of sp³-hybridized carbons (Fsp3) is 0.333. The van der Waals surface area contributed by atoms with Gasteiger partial charge in [-0.1, -0.05) is 24.3 Å². The molecule has 21 heavy (non-hydrogen) atoms. The van der Waals surface area contributed by atoms with Gasteiger partial charge in [0.2, 0.25) is 0 Å². The van der Waals surface area contributed by atoms with Crippen LogP contribution in [0.5, 0.6) is 11.5 Å². The normalized spacial score (nSPS) is 20.9. The molecule has 0 saturated carbocycles. The van der Waals surface area contributed by atoms with E-state index in [4.69, 9.17) is 9.47 Å². The van der Waals surface area contributed by atoms with Crippen molar-refractivity contribution < 1.29 is 14.6 Å². The molecule has 0 aromatic heterocycles. The highest BCUT2D eigenvalue weighted by Gasteiger charge is 2.29. The largest absolute Gasteiger partial charge is 0.493 e. The maximum absolute atomic E-state index is 10.8. The molecule has 1 N–H and O–H groups in total. The molecule has 2 aromatic carbocycles. The lowest BCUT2D eigenvalue weighted by Crippen LogP contribution is -2.20. The van der Waals surface area contributed by atoms with Crippen LogP contribution in [0.3, 0.4) is 0 Å². The number of hydrogen-bond acceptors (Lipinski definition) is 3. The van der Waals surface area contributed by atoms with E-state index in [1.165, 1.54) is 5.56 Å². The standard InChI is InChI=1S/C18H18O3/c19-18(13-5-6-16-12(11-13)7-9-20-16)15-8-10-21-17-4-2-1-3-14(15)17/h1-6,11,15,18-19H,7-10H2. The third-order valence-corrected chi connectivity index (χ3v) is 4.44. The zero-order valence-corrected chi connectivity index (χ0v) is 11.8. The summed E-state index contributed by atoms with van der Waals surface area (Å²) in [5.41, 5.74) is 3.28. The number of benzene rings is 2. The summed E-state index contributed by atoms with van der Waals surface area (Å²) in [6, 6.07) is 14.1. The first-order valence-electron chi connectivity index (χ1n) is 7.48. The second-order valence-electron chi connectivity index (χ2n) is 5.69. The summed E-state index contributed by atoms with van der Waals surface area (Å²) in [6.45, 7) is 1.40. The van der Waals surface area contributed by atoms with Crippen LogP contribution in [0, 0.1) is 0 Å². The monoisotopic (exact) mass is 282 g/mol. The van der Waals surface area contributed by atoms with E-state index >= 15 is 0 Å². The molecule has 0 amide bonds. The molecule has 108 valence electrons. The third kappa shape index (κ3) is 2.18. The van der Waals surface area contributed by atoms with Gasteiger partial charge < -0.3 is 14.6 Å². The minimum atomic E-state index is -0.499. The molecule has 0 aliphatic carbocycles. The van der Waals surface area contributed by atoms with Gasteiger partial charge in [0.25, 0.3) is 0 Å². The maximum Gasteiger partial charge on any atom is 0.122 e. The number of hydrogen-bond donors (Lipinski definition) is 1. The molecule has 3 heteroatoms. The first-order chi connectivity index (χ1) is 10.3. The van der Waals surface area contributed by atoms with E-state index in [0.717, 1.165) is 42.1 Å². The van der Waals surface area contributed by atoms with Crippen LogP contribution in [0.25, 0.3) is 0 Å².